The molecule has 3 nitrogen and oxygen atoms in total. The SMILES string of the molecule is CC(N)C(=O)c1cccc(Br)c1O. The number of rotatable bonds is 2. The van der Waals surface area contributed by atoms with Crippen molar-refractivity contribution >= 4 is 21.7 Å². The molecule has 0 aliphatic heterocycles. The minimum Gasteiger partial charge on any atom is -0.506 e. The third-order valence-corrected chi connectivity index (χ3v) is 2.31. The summed E-state index contributed by atoms with van der Waals surface area (Å²) in [7, 11) is 0. The van der Waals surface area contributed by atoms with Crippen LogP contribution in [0, 0.1) is 0 Å². The van der Waals surface area contributed by atoms with Gasteiger partial charge in [-0.05, 0) is 35.0 Å². The lowest BCUT2D eigenvalue weighted by Crippen LogP contribution is -2.26. The summed E-state index contributed by atoms with van der Waals surface area (Å²) < 4.78 is 0.499. The van der Waals surface area contributed by atoms with Gasteiger partial charge in [0.1, 0.15) is 5.75 Å². The van der Waals surface area contributed by atoms with Gasteiger partial charge in [0.05, 0.1) is 16.1 Å². The highest BCUT2D eigenvalue weighted by Crippen LogP contribution is 2.27. The average Bonchev–Trinajstić information content (AvgIpc) is 2.08. The third kappa shape index (κ3) is 2.08. The van der Waals surface area contributed by atoms with E-state index in [-0.39, 0.29) is 17.1 Å². The van der Waals surface area contributed by atoms with Gasteiger partial charge in [-0.2, -0.15) is 0 Å². The fourth-order valence-electron chi connectivity index (χ4n) is 0.959. The molecular weight excluding hydrogens is 234 g/mol. The van der Waals surface area contributed by atoms with Crippen LogP contribution in [0.2, 0.25) is 0 Å². The highest BCUT2D eigenvalue weighted by Gasteiger charge is 2.15. The summed E-state index contributed by atoms with van der Waals surface area (Å²) in [4.78, 5) is 11.4. The van der Waals surface area contributed by atoms with Crippen molar-refractivity contribution in [2.45, 2.75) is 13.0 Å². The maximum absolute atomic E-state index is 11.4. The van der Waals surface area contributed by atoms with E-state index >= 15 is 0 Å². The highest BCUT2D eigenvalue weighted by atomic mass is 79.9. The molecule has 0 aliphatic carbocycles. The molecule has 1 aromatic carbocycles. The molecule has 0 radical (unpaired) electrons. The van der Waals surface area contributed by atoms with Gasteiger partial charge < -0.3 is 10.8 Å². The Labute approximate surface area is 84.7 Å². The van der Waals surface area contributed by atoms with Crippen molar-refractivity contribution in [3.05, 3.63) is 28.2 Å². The molecule has 0 saturated carbocycles. The number of halogens is 1. The topological polar surface area (TPSA) is 63.3 Å². The lowest BCUT2D eigenvalue weighted by molar-refractivity contribution is 0.0965. The van der Waals surface area contributed by atoms with Gasteiger partial charge in [0.2, 0.25) is 0 Å². The molecule has 1 atom stereocenters. The van der Waals surface area contributed by atoms with E-state index in [9.17, 15) is 9.90 Å². The van der Waals surface area contributed by atoms with Crippen molar-refractivity contribution in [1.82, 2.24) is 0 Å². The Balaban J connectivity index is 3.15. The van der Waals surface area contributed by atoms with Crippen LogP contribution >= 0.6 is 15.9 Å². The van der Waals surface area contributed by atoms with Crippen molar-refractivity contribution in [3.8, 4) is 5.75 Å². The highest BCUT2D eigenvalue weighted by molar-refractivity contribution is 9.10. The summed E-state index contributed by atoms with van der Waals surface area (Å²) in [5, 5.41) is 9.49. The quantitative estimate of drug-likeness (QED) is 0.778. The number of carbonyl (C=O) groups is 1. The Bertz CT molecular complexity index is 336. The van der Waals surface area contributed by atoms with Crippen LogP contribution in [0.1, 0.15) is 17.3 Å². The second-order valence-electron chi connectivity index (χ2n) is 2.79. The summed E-state index contributed by atoms with van der Waals surface area (Å²) in [6.07, 6.45) is 0. The molecular formula is C9H10BrNO2. The smallest absolute Gasteiger partial charge is 0.182 e. The molecule has 0 saturated heterocycles. The molecule has 0 bridgehead atoms. The van der Waals surface area contributed by atoms with Gasteiger partial charge in [0, 0.05) is 0 Å². The molecule has 3 N–H and O–H groups in total. The first-order valence-electron chi connectivity index (χ1n) is 3.81. The van der Waals surface area contributed by atoms with Crippen molar-refractivity contribution in [2.24, 2.45) is 5.73 Å². The Hall–Kier alpha value is -0.870. The number of carbonyl (C=O) groups excluding carboxylic acids is 1. The third-order valence-electron chi connectivity index (χ3n) is 1.67. The normalized spacial score (nSPS) is 12.5. The predicted octanol–water partition coefficient (Wildman–Crippen LogP) is 1.68. The zero-order valence-corrected chi connectivity index (χ0v) is 8.71. The Morgan fingerprint density at radius 1 is 1.62 bits per heavy atom. The summed E-state index contributed by atoms with van der Waals surface area (Å²) in [6, 6.07) is 4.29. The number of para-hydroxylation sites is 1. The van der Waals surface area contributed by atoms with Gasteiger partial charge in [-0.3, -0.25) is 4.79 Å². The number of phenolic OH excluding ortho intramolecular Hbond substituents is 1. The average molecular weight is 244 g/mol. The number of ketones is 1. The molecule has 0 aromatic heterocycles. The fourth-order valence-corrected chi connectivity index (χ4v) is 1.33. The largest absolute Gasteiger partial charge is 0.506 e. The van der Waals surface area contributed by atoms with Crippen molar-refractivity contribution in [3.63, 3.8) is 0 Å². The zero-order valence-electron chi connectivity index (χ0n) is 7.12. The maximum atomic E-state index is 11.4. The lowest BCUT2D eigenvalue weighted by Gasteiger charge is -2.07. The molecule has 0 fully saturated rings. The minimum absolute atomic E-state index is 0.0511. The summed E-state index contributed by atoms with van der Waals surface area (Å²) >= 11 is 3.12. The molecule has 1 unspecified atom stereocenters. The maximum Gasteiger partial charge on any atom is 0.182 e. The second kappa shape index (κ2) is 3.89. The molecule has 1 rings (SSSR count). The minimum atomic E-state index is -0.597. The molecule has 70 valence electrons. The zero-order chi connectivity index (χ0) is 10.0. The van der Waals surface area contributed by atoms with Gasteiger partial charge in [0.25, 0.3) is 0 Å². The van der Waals surface area contributed by atoms with Crippen molar-refractivity contribution in [1.29, 1.82) is 0 Å². The molecule has 0 heterocycles. The van der Waals surface area contributed by atoms with E-state index < -0.39 is 6.04 Å². The van der Waals surface area contributed by atoms with Crippen LogP contribution in [0.5, 0.6) is 5.75 Å². The summed E-state index contributed by atoms with van der Waals surface area (Å²) in [6.45, 7) is 1.59. The lowest BCUT2D eigenvalue weighted by atomic mass is 10.1. The first-order valence-corrected chi connectivity index (χ1v) is 4.60. The molecule has 0 spiro atoms. The van der Waals surface area contributed by atoms with Crippen LogP contribution in [-0.4, -0.2) is 16.9 Å². The van der Waals surface area contributed by atoms with Crippen LogP contribution in [0.15, 0.2) is 22.7 Å². The molecule has 0 amide bonds. The van der Waals surface area contributed by atoms with Gasteiger partial charge >= 0.3 is 0 Å². The molecule has 13 heavy (non-hydrogen) atoms. The van der Waals surface area contributed by atoms with Crippen LogP contribution in [0.25, 0.3) is 0 Å². The number of aromatic hydroxyl groups is 1. The summed E-state index contributed by atoms with van der Waals surface area (Å²) in [5.41, 5.74) is 5.67. The molecule has 1 aromatic rings. The number of phenols is 1. The standard InChI is InChI=1S/C9H10BrNO2/c1-5(11)8(12)6-3-2-4-7(10)9(6)13/h2-5,13H,11H2,1H3. The van der Waals surface area contributed by atoms with Crippen LogP contribution < -0.4 is 5.73 Å². The molecule has 0 aliphatic rings. The number of benzene rings is 1. The first-order chi connectivity index (χ1) is 6.04. The summed E-state index contributed by atoms with van der Waals surface area (Å²) in [5.74, 6) is -0.316. The van der Waals surface area contributed by atoms with E-state index in [1.165, 1.54) is 0 Å². The number of hydrogen-bond acceptors (Lipinski definition) is 3. The fraction of sp³-hybridized carbons (Fsp3) is 0.222. The van der Waals surface area contributed by atoms with E-state index in [0.717, 1.165) is 0 Å². The van der Waals surface area contributed by atoms with Crippen LogP contribution in [0.3, 0.4) is 0 Å². The van der Waals surface area contributed by atoms with Gasteiger partial charge in [-0.15, -0.1) is 0 Å². The second-order valence-corrected chi connectivity index (χ2v) is 3.64. The number of Topliss-reactive ketones (excluding diaryl/α,β-unsaturated/α-hetero) is 1. The van der Waals surface area contributed by atoms with Crippen LogP contribution in [0.4, 0.5) is 0 Å². The predicted molar refractivity (Wildman–Crippen MR) is 53.8 cm³/mol. The first kappa shape index (κ1) is 10.2. The van der Waals surface area contributed by atoms with E-state index in [2.05, 4.69) is 15.9 Å². The Morgan fingerprint density at radius 3 is 2.77 bits per heavy atom. The van der Waals surface area contributed by atoms with Gasteiger partial charge in [-0.1, -0.05) is 6.07 Å². The van der Waals surface area contributed by atoms with Gasteiger partial charge in [-0.25, -0.2) is 0 Å². The van der Waals surface area contributed by atoms with Crippen molar-refractivity contribution in [2.75, 3.05) is 0 Å². The van der Waals surface area contributed by atoms with E-state index in [1.807, 2.05) is 0 Å². The number of nitrogens with two attached hydrogens (primary N) is 1. The van der Waals surface area contributed by atoms with Crippen LogP contribution in [-0.2, 0) is 0 Å². The van der Waals surface area contributed by atoms with Crippen molar-refractivity contribution < 1.29 is 9.90 Å². The van der Waals surface area contributed by atoms with Gasteiger partial charge in [0.15, 0.2) is 5.78 Å². The Morgan fingerprint density at radius 2 is 2.23 bits per heavy atom. The number of hydrogen-bond donors (Lipinski definition) is 2. The van der Waals surface area contributed by atoms with E-state index in [4.69, 9.17) is 5.73 Å². The monoisotopic (exact) mass is 243 g/mol. The molecule has 4 heteroatoms. The Kier molecular flexibility index (Phi) is 3.06. The van der Waals surface area contributed by atoms with E-state index in [1.54, 1.807) is 25.1 Å². The van der Waals surface area contributed by atoms with E-state index in [0.29, 0.717) is 4.47 Å².